The van der Waals surface area contributed by atoms with E-state index in [1.54, 1.807) is 17.1 Å². The smallest absolute Gasteiger partial charge is 0.315 e. The minimum absolute atomic E-state index is 0.0279. The zero-order valence-electron chi connectivity index (χ0n) is 23.9. The molecular weight excluding hydrogens is 510 g/mol. The molecule has 1 heterocycles. The lowest BCUT2D eigenvalue weighted by Gasteiger charge is -2.37. The van der Waals surface area contributed by atoms with Crippen LogP contribution < -0.4 is 21.3 Å². The van der Waals surface area contributed by atoms with Crippen molar-refractivity contribution in [3.05, 3.63) is 38.0 Å². The number of amides is 5. The number of likely N-dealkylation sites (tertiary alicyclic amines) is 1. The van der Waals surface area contributed by atoms with Crippen LogP contribution in [-0.4, -0.2) is 72.2 Å². The maximum absolute atomic E-state index is 14.1. The Kier molecular flexibility index (Phi) is 10.7. The molecule has 2 saturated carbocycles. The molecule has 5 atom stereocenters. The third-order valence-corrected chi connectivity index (χ3v) is 8.76. The van der Waals surface area contributed by atoms with Crippen LogP contribution in [0.25, 0.3) is 0 Å². The van der Waals surface area contributed by atoms with Crippen molar-refractivity contribution in [2.24, 2.45) is 23.2 Å². The maximum atomic E-state index is 14.1. The van der Waals surface area contributed by atoms with E-state index in [2.05, 4.69) is 54.9 Å². The molecule has 0 unspecified atom stereocenters. The van der Waals surface area contributed by atoms with Crippen LogP contribution >= 0.6 is 0 Å². The zero-order valence-corrected chi connectivity index (χ0v) is 23.9. The summed E-state index contributed by atoms with van der Waals surface area (Å²) in [5.74, 6) is -2.26. The average molecular weight is 556 g/mol. The molecule has 3 rings (SSSR count). The van der Waals surface area contributed by atoms with Gasteiger partial charge in [-0.2, -0.15) is 0 Å². The average Bonchev–Trinajstić information content (AvgIpc) is 3.26. The zero-order chi connectivity index (χ0) is 29.4. The molecule has 2 aliphatic carbocycles. The SMILES string of the molecule is C=CCC[C@H](NC(=O)[C@@H]1[C@@H]2[C@H](CN1C(=O)[C@@H](NC(=O)NCC=C)C1CCCCC1)C2(C)C)C(=O)C(=O)NCC=C. The Hall–Kier alpha value is -3.43. The second-order valence-corrected chi connectivity index (χ2v) is 11.7. The van der Waals surface area contributed by atoms with Gasteiger partial charge in [0.1, 0.15) is 12.1 Å². The summed E-state index contributed by atoms with van der Waals surface area (Å²) in [6.45, 7) is 15.8. The maximum Gasteiger partial charge on any atom is 0.315 e. The van der Waals surface area contributed by atoms with Gasteiger partial charge in [0.05, 0.1) is 6.04 Å². The van der Waals surface area contributed by atoms with Crippen LogP contribution in [0.15, 0.2) is 38.0 Å². The third kappa shape index (κ3) is 7.01. The van der Waals surface area contributed by atoms with Crippen molar-refractivity contribution >= 4 is 29.5 Å². The van der Waals surface area contributed by atoms with Crippen LogP contribution in [0.3, 0.4) is 0 Å². The Labute approximate surface area is 237 Å². The monoisotopic (exact) mass is 555 g/mol. The molecule has 10 heteroatoms. The minimum atomic E-state index is -1.05. The van der Waals surface area contributed by atoms with Gasteiger partial charge >= 0.3 is 6.03 Å². The van der Waals surface area contributed by atoms with Gasteiger partial charge in [-0.15, -0.1) is 19.7 Å². The number of nitrogens with one attached hydrogen (secondary N) is 4. The molecule has 0 spiro atoms. The van der Waals surface area contributed by atoms with E-state index in [9.17, 15) is 24.0 Å². The Morgan fingerprint density at radius 1 is 0.925 bits per heavy atom. The van der Waals surface area contributed by atoms with Crippen molar-refractivity contribution in [2.75, 3.05) is 19.6 Å². The van der Waals surface area contributed by atoms with Crippen molar-refractivity contribution in [1.82, 2.24) is 26.2 Å². The van der Waals surface area contributed by atoms with E-state index >= 15 is 0 Å². The largest absolute Gasteiger partial charge is 0.346 e. The standard InChI is InChI=1S/C30H45N5O5/c1-6-9-15-21(25(36)27(38)31-16-7-2)33-26(37)24-22-20(30(22,4)5)18-35(24)28(39)23(19-13-11-10-12-14-19)34-29(40)32-17-8-3/h6-8,19-24H,1-3,9-18H2,4-5H3,(H,31,38)(H,33,37)(H2,32,34,40)/t20-,21-,22-,23-,24-/m0/s1. The number of urea groups is 1. The first-order chi connectivity index (χ1) is 19.1. The number of piperidine rings is 1. The number of carbonyl (C=O) groups is 5. The molecule has 0 aromatic rings. The van der Waals surface area contributed by atoms with Gasteiger partial charge in [-0.25, -0.2) is 4.79 Å². The highest BCUT2D eigenvalue weighted by Crippen LogP contribution is 2.65. The summed E-state index contributed by atoms with van der Waals surface area (Å²) in [6, 6.07) is -3.06. The number of hydrogen-bond acceptors (Lipinski definition) is 5. The summed E-state index contributed by atoms with van der Waals surface area (Å²) in [6.07, 6.45) is 9.97. The van der Waals surface area contributed by atoms with Gasteiger partial charge in [-0.05, 0) is 48.9 Å². The Balaban J connectivity index is 1.83. The molecule has 10 nitrogen and oxygen atoms in total. The quantitative estimate of drug-likeness (QED) is 0.192. The molecule has 0 radical (unpaired) electrons. The first kappa shape index (κ1) is 31.1. The van der Waals surface area contributed by atoms with Gasteiger partial charge in [0.15, 0.2) is 0 Å². The van der Waals surface area contributed by atoms with Gasteiger partial charge in [0.25, 0.3) is 5.91 Å². The Bertz CT molecular complexity index is 1020. The van der Waals surface area contributed by atoms with E-state index in [1.807, 2.05) is 0 Å². The molecule has 40 heavy (non-hydrogen) atoms. The van der Waals surface area contributed by atoms with Gasteiger partial charge in [-0.3, -0.25) is 19.2 Å². The minimum Gasteiger partial charge on any atom is -0.346 e. The number of allylic oxidation sites excluding steroid dienone is 1. The number of nitrogens with zero attached hydrogens (tertiary/aromatic N) is 1. The van der Waals surface area contributed by atoms with Gasteiger partial charge in [-0.1, -0.05) is 51.3 Å². The molecule has 3 aliphatic rings. The third-order valence-electron chi connectivity index (χ3n) is 8.76. The lowest BCUT2D eigenvalue weighted by atomic mass is 9.83. The summed E-state index contributed by atoms with van der Waals surface area (Å²) in [5.41, 5.74) is -0.143. The Morgan fingerprint density at radius 2 is 1.57 bits per heavy atom. The number of hydrogen-bond donors (Lipinski definition) is 4. The number of ketones is 1. The molecule has 1 aliphatic heterocycles. The number of Topliss-reactive ketones (excluding diaryl/α,β-unsaturated/α-hetero) is 1. The van der Waals surface area contributed by atoms with E-state index in [-0.39, 0.29) is 48.6 Å². The summed E-state index contributed by atoms with van der Waals surface area (Å²) < 4.78 is 0. The molecule has 1 saturated heterocycles. The van der Waals surface area contributed by atoms with E-state index in [0.29, 0.717) is 13.0 Å². The fourth-order valence-electron chi connectivity index (χ4n) is 6.42. The van der Waals surface area contributed by atoms with Crippen LogP contribution in [0.2, 0.25) is 0 Å². The normalized spacial score (nSPS) is 24.4. The van der Waals surface area contributed by atoms with Crippen molar-refractivity contribution in [3.63, 3.8) is 0 Å². The van der Waals surface area contributed by atoms with Crippen molar-refractivity contribution in [1.29, 1.82) is 0 Å². The number of fused-ring (bicyclic) bond motifs is 1. The summed E-state index contributed by atoms with van der Waals surface area (Å²) in [7, 11) is 0. The van der Waals surface area contributed by atoms with E-state index < -0.39 is 41.8 Å². The van der Waals surface area contributed by atoms with Crippen molar-refractivity contribution in [2.45, 2.75) is 76.9 Å². The van der Waals surface area contributed by atoms with Crippen LogP contribution in [0, 0.1) is 23.2 Å². The fourth-order valence-corrected chi connectivity index (χ4v) is 6.42. The molecule has 4 N–H and O–H groups in total. The predicted octanol–water partition coefficient (Wildman–Crippen LogP) is 2.23. The first-order valence-electron chi connectivity index (χ1n) is 14.4. The molecule has 3 fully saturated rings. The highest BCUT2D eigenvalue weighted by molar-refractivity contribution is 6.38. The molecule has 0 bridgehead atoms. The summed E-state index contributed by atoms with van der Waals surface area (Å²) in [5, 5.41) is 10.8. The van der Waals surface area contributed by atoms with E-state index in [0.717, 1.165) is 32.1 Å². The van der Waals surface area contributed by atoms with E-state index in [4.69, 9.17) is 0 Å². The highest BCUT2D eigenvalue weighted by Gasteiger charge is 2.69. The molecule has 5 amide bonds. The van der Waals surface area contributed by atoms with Gasteiger partial charge < -0.3 is 26.2 Å². The summed E-state index contributed by atoms with van der Waals surface area (Å²) in [4.78, 5) is 67.4. The second-order valence-electron chi connectivity index (χ2n) is 11.7. The topological polar surface area (TPSA) is 137 Å². The fraction of sp³-hybridized carbons (Fsp3) is 0.633. The molecule has 0 aromatic heterocycles. The molecule has 220 valence electrons. The van der Waals surface area contributed by atoms with Crippen molar-refractivity contribution < 1.29 is 24.0 Å². The van der Waals surface area contributed by atoms with Gasteiger partial charge in [0, 0.05) is 19.6 Å². The van der Waals surface area contributed by atoms with Crippen LogP contribution in [0.1, 0.15) is 58.8 Å². The predicted molar refractivity (Wildman–Crippen MR) is 153 cm³/mol. The first-order valence-corrected chi connectivity index (χ1v) is 14.4. The Morgan fingerprint density at radius 3 is 2.20 bits per heavy atom. The summed E-state index contributed by atoms with van der Waals surface area (Å²) >= 11 is 0. The van der Waals surface area contributed by atoms with Crippen molar-refractivity contribution in [3.8, 4) is 0 Å². The lowest BCUT2D eigenvalue weighted by Crippen LogP contribution is -2.60. The van der Waals surface area contributed by atoms with Crippen LogP contribution in [-0.2, 0) is 19.2 Å². The van der Waals surface area contributed by atoms with Crippen LogP contribution in [0.4, 0.5) is 4.79 Å². The number of carbonyl (C=O) groups excluding carboxylic acids is 5. The highest BCUT2D eigenvalue weighted by atomic mass is 16.2. The number of rotatable bonds is 14. The second kappa shape index (κ2) is 13.8. The van der Waals surface area contributed by atoms with Crippen LogP contribution in [0.5, 0.6) is 0 Å². The van der Waals surface area contributed by atoms with E-state index in [1.165, 1.54) is 6.08 Å². The lowest BCUT2D eigenvalue weighted by molar-refractivity contribution is -0.144. The molecule has 0 aromatic carbocycles. The van der Waals surface area contributed by atoms with Gasteiger partial charge in [0.2, 0.25) is 17.6 Å². The molecular formula is C30H45N5O5.